The second-order valence-corrected chi connectivity index (χ2v) is 7.60. The highest BCUT2D eigenvalue weighted by molar-refractivity contribution is 5.69. The van der Waals surface area contributed by atoms with Gasteiger partial charge in [-0.05, 0) is 25.2 Å². The molecule has 0 saturated heterocycles. The van der Waals surface area contributed by atoms with E-state index in [4.69, 9.17) is 10.2 Å². The van der Waals surface area contributed by atoms with Crippen LogP contribution in [0.1, 0.15) is 110 Å². The highest BCUT2D eigenvalue weighted by Crippen LogP contribution is 2.22. The molecule has 0 aromatic heterocycles. The average molecular weight is 357 g/mol. The summed E-state index contributed by atoms with van der Waals surface area (Å²) >= 11 is 0. The molecule has 0 amide bonds. The zero-order valence-corrected chi connectivity index (χ0v) is 16.5. The number of unbranched alkanes of at least 4 members (excludes halogenated alkanes) is 9. The summed E-state index contributed by atoms with van der Waals surface area (Å²) in [6.45, 7) is 3.97. The molecular formula is C21H40O4. The Morgan fingerprint density at radius 1 is 0.720 bits per heavy atom. The number of aliphatic carboxylic acids is 2. The van der Waals surface area contributed by atoms with E-state index in [1.54, 1.807) is 6.92 Å². The van der Waals surface area contributed by atoms with E-state index in [0.29, 0.717) is 12.3 Å². The van der Waals surface area contributed by atoms with Crippen LogP contribution >= 0.6 is 0 Å². The third-order valence-corrected chi connectivity index (χ3v) is 5.10. The van der Waals surface area contributed by atoms with E-state index < -0.39 is 11.9 Å². The number of hydrogen-bond acceptors (Lipinski definition) is 2. The van der Waals surface area contributed by atoms with Crippen LogP contribution < -0.4 is 0 Å². The van der Waals surface area contributed by atoms with Gasteiger partial charge in [-0.25, -0.2) is 0 Å². The zero-order chi connectivity index (χ0) is 18.9. The summed E-state index contributed by atoms with van der Waals surface area (Å²) in [4.78, 5) is 21.7. The second-order valence-electron chi connectivity index (χ2n) is 7.60. The highest BCUT2D eigenvalue weighted by Gasteiger charge is 2.12. The van der Waals surface area contributed by atoms with Gasteiger partial charge in [0.25, 0.3) is 0 Å². The van der Waals surface area contributed by atoms with Crippen molar-refractivity contribution in [1.82, 2.24) is 0 Å². The van der Waals surface area contributed by atoms with Crippen LogP contribution in [-0.2, 0) is 9.59 Å². The summed E-state index contributed by atoms with van der Waals surface area (Å²) in [5, 5.41) is 17.9. The van der Waals surface area contributed by atoms with Crippen LogP contribution in [0.25, 0.3) is 0 Å². The third-order valence-electron chi connectivity index (χ3n) is 5.10. The van der Waals surface area contributed by atoms with Crippen molar-refractivity contribution in [2.75, 3.05) is 0 Å². The molecule has 0 aliphatic heterocycles. The molecule has 0 heterocycles. The number of carbonyl (C=O) groups is 2. The minimum atomic E-state index is -0.689. The third kappa shape index (κ3) is 16.2. The molecule has 0 fully saturated rings. The lowest BCUT2D eigenvalue weighted by atomic mass is 9.91. The van der Waals surface area contributed by atoms with Crippen LogP contribution in [0.5, 0.6) is 0 Å². The van der Waals surface area contributed by atoms with E-state index in [0.717, 1.165) is 38.5 Å². The van der Waals surface area contributed by atoms with Crippen molar-refractivity contribution in [1.29, 1.82) is 0 Å². The van der Waals surface area contributed by atoms with Crippen molar-refractivity contribution in [3.05, 3.63) is 0 Å². The number of rotatable bonds is 18. The summed E-state index contributed by atoms with van der Waals surface area (Å²) in [5.41, 5.74) is 0. The zero-order valence-electron chi connectivity index (χ0n) is 16.5. The van der Waals surface area contributed by atoms with Gasteiger partial charge >= 0.3 is 11.9 Å². The smallest absolute Gasteiger partial charge is 0.306 e. The molecule has 0 bridgehead atoms. The van der Waals surface area contributed by atoms with Crippen molar-refractivity contribution in [3.63, 3.8) is 0 Å². The minimum Gasteiger partial charge on any atom is -0.481 e. The van der Waals surface area contributed by atoms with Crippen molar-refractivity contribution in [2.24, 2.45) is 11.8 Å². The first-order valence-electron chi connectivity index (χ1n) is 10.4. The second kappa shape index (κ2) is 16.4. The molecule has 0 aromatic carbocycles. The Morgan fingerprint density at radius 2 is 1.16 bits per heavy atom. The SMILES string of the molecule is CCCCCCC(CCCCCCCCCC(C)C(=O)O)CC(=O)O. The Bertz CT molecular complexity index is 341. The maximum Gasteiger partial charge on any atom is 0.306 e. The van der Waals surface area contributed by atoms with E-state index >= 15 is 0 Å². The molecule has 2 unspecified atom stereocenters. The van der Waals surface area contributed by atoms with Crippen LogP contribution in [0.4, 0.5) is 0 Å². The first kappa shape index (κ1) is 23.9. The monoisotopic (exact) mass is 356 g/mol. The molecule has 2 N–H and O–H groups in total. The first-order valence-corrected chi connectivity index (χ1v) is 10.4. The predicted octanol–water partition coefficient (Wildman–Crippen LogP) is 6.28. The van der Waals surface area contributed by atoms with E-state index in [-0.39, 0.29) is 5.92 Å². The van der Waals surface area contributed by atoms with Crippen LogP contribution in [0.15, 0.2) is 0 Å². The van der Waals surface area contributed by atoms with E-state index in [2.05, 4.69) is 6.92 Å². The summed E-state index contributed by atoms with van der Waals surface area (Å²) in [7, 11) is 0. The molecule has 0 aliphatic rings. The predicted molar refractivity (Wildman–Crippen MR) is 103 cm³/mol. The van der Waals surface area contributed by atoms with Crippen LogP contribution in [0, 0.1) is 11.8 Å². The molecule has 0 aromatic rings. The van der Waals surface area contributed by atoms with Crippen LogP contribution in [0.2, 0.25) is 0 Å². The van der Waals surface area contributed by atoms with Gasteiger partial charge in [-0.1, -0.05) is 84.5 Å². The molecule has 0 radical (unpaired) electrons. The highest BCUT2D eigenvalue weighted by atomic mass is 16.4. The first-order chi connectivity index (χ1) is 12.0. The Hall–Kier alpha value is -1.06. The van der Waals surface area contributed by atoms with Gasteiger partial charge in [0.15, 0.2) is 0 Å². The van der Waals surface area contributed by atoms with E-state index in [9.17, 15) is 9.59 Å². The lowest BCUT2D eigenvalue weighted by Crippen LogP contribution is -2.08. The molecule has 4 heteroatoms. The fourth-order valence-corrected chi connectivity index (χ4v) is 3.35. The van der Waals surface area contributed by atoms with Gasteiger partial charge in [-0.3, -0.25) is 9.59 Å². The molecular weight excluding hydrogens is 316 g/mol. The van der Waals surface area contributed by atoms with E-state index in [1.165, 1.54) is 51.4 Å². The largest absolute Gasteiger partial charge is 0.481 e. The molecule has 0 aliphatic carbocycles. The molecule has 0 saturated carbocycles. The normalized spacial score (nSPS) is 13.5. The lowest BCUT2D eigenvalue weighted by molar-refractivity contribution is -0.141. The Balaban J connectivity index is 3.60. The maximum atomic E-state index is 11.0. The summed E-state index contributed by atoms with van der Waals surface area (Å²) < 4.78 is 0. The quantitative estimate of drug-likeness (QED) is 0.283. The molecule has 25 heavy (non-hydrogen) atoms. The standard InChI is InChI=1S/C21H40O4/c1-3-4-5-12-15-19(17-20(22)23)16-13-10-8-6-7-9-11-14-18(2)21(24)25/h18-19H,3-17H2,1-2H3,(H,22,23)(H,24,25). The summed E-state index contributed by atoms with van der Waals surface area (Å²) in [5.74, 6) is -1.21. The topological polar surface area (TPSA) is 74.6 Å². The Labute approximate surface area is 154 Å². The number of carboxylic acids is 2. The van der Waals surface area contributed by atoms with Gasteiger partial charge in [-0.15, -0.1) is 0 Å². The van der Waals surface area contributed by atoms with Gasteiger partial charge in [0.2, 0.25) is 0 Å². The van der Waals surface area contributed by atoms with Crippen molar-refractivity contribution in [3.8, 4) is 0 Å². The number of carboxylic acid groups (broad SMARTS) is 2. The fraction of sp³-hybridized carbons (Fsp3) is 0.905. The Morgan fingerprint density at radius 3 is 1.60 bits per heavy atom. The maximum absolute atomic E-state index is 11.0. The Kier molecular flexibility index (Phi) is 15.7. The molecule has 4 nitrogen and oxygen atoms in total. The van der Waals surface area contributed by atoms with Crippen molar-refractivity contribution < 1.29 is 19.8 Å². The lowest BCUT2D eigenvalue weighted by Gasteiger charge is -2.14. The van der Waals surface area contributed by atoms with Crippen LogP contribution in [-0.4, -0.2) is 22.2 Å². The van der Waals surface area contributed by atoms with Crippen molar-refractivity contribution in [2.45, 2.75) is 110 Å². The number of hydrogen-bond donors (Lipinski definition) is 2. The van der Waals surface area contributed by atoms with Gasteiger partial charge in [0, 0.05) is 6.42 Å². The summed E-state index contributed by atoms with van der Waals surface area (Å²) in [6.07, 6.45) is 16.2. The van der Waals surface area contributed by atoms with Crippen molar-refractivity contribution >= 4 is 11.9 Å². The van der Waals surface area contributed by atoms with Gasteiger partial charge in [0.05, 0.1) is 5.92 Å². The molecule has 0 spiro atoms. The molecule has 2 atom stereocenters. The van der Waals surface area contributed by atoms with E-state index in [1.807, 2.05) is 0 Å². The van der Waals surface area contributed by atoms with Crippen LogP contribution in [0.3, 0.4) is 0 Å². The fourth-order valence-electron chi connectivity index (χ4n) is 3.35. The average Bonchev–Trinajstić information content (AvgIpc) is 2.56. The molecule has 0 rings (SSSR count). The molecule has 148 valence electrons. The summed E-state index contributed by atoms with van der Waals surface area (Å²) in [6, 6.07) is 0. The van der Waals surface area contributed by atoms with Gasteiger partial charge in [0.1, 0.15) is 0 Å². The minimum absolute atomic E-state index is 0.219. The van der Waals surface area contributed by atoms with Gasteiger partial charge in [-0.2, -0.15) is 0 Å². The van der Waals surface area contributed by atoms with Gasteiger partial charge < -0.3 is 10.2 Å².